The van der Waals surface area contributed by atoms with E-state index in [2.05, 4.69) is 79.2 Å². The minimum absolute atomic E-state index is 0.140. The molecule has 3 aromatic carbocycles. The van der Waals surface area contributed by atoms with Gasteiger partial charge in [-0.25, -0.2) is 4.98 Å². The van der Waals surface area contributed by atoms with Gasteiger partial charge in [-0.05, 0) is 39.3 Å². The molecule has 0 aliphatic rings. The van der Waals surface area contributed by atoms with E-state index in [1.54, 1.807) is 23.9 Å². The predicted octanol–water partition coefficient (Wildman–Crippen LogP) is 7.42. The Morgan fingerprint density at radius 3 is 2.20 bits per heavy atom. The van der Waals surface area contributed by atoms with Gasteiger partial charge in [0.05, 0.1) is 22.0 Å². The number of carbonyl (C=O) groups is 1. The summed E-state index contributed by atoms with van der Waals surface area (Å²) < 4.78 is 2.30. The summed E-state index contributed by atoms with van der Waals surface area (Å²) in [4.78, 5) is 17.5. The van der Waals surface area contributed by atoms with Gasteiger partial charge in [-0.2, -0.15) is 0 Å². The molecule has 1 amide bonds. The summed E-state index contributed by atoms with van der Waals surface area (Å²) in [5, 5.41) is 4.44. The van der Waals surface area contributed by atoms with E-state index in [0.29, 0.717) is 17.1 Å². The standard InChI is InChI=1S/C29H30ClN3OS/c1-4-33-27(23-16-12-21(3)13-17-23)26(22-14-10-20(2)11-15-22)32-29(33)35-19-7-18-31-28(34)24-8-5-6-9-25(24)30/h5-6,8-17H,4,7,18-19H2,1-3H3,(H,31,34). The van der Waals surface area contributed by atoms with Crippen LogP contribution >= 0.6 is 23.4 Å². The number of hydrogen-bond acceptors (Lipinski definition) is 3. The van der Waals surface area contributed by atoms with Crippen LogP contribution in [-0.4, -0.2) is 27.8 Å². The first kappa shape index (κ1) is 25.1. The highest BCUT2D eigenvalue weighted by Crippen LogP contribution is 2.36. The van der Waals surface area contributed by atoms with Gasteiger partial charge in [-0.3, -0.25) is 4.79 Å². The summed E-state index contributed by atoms with van der Waals surface area (Å²) in [5.74, 6) is 0.708. The molecule has 0 unspecified atom stereocenters. The lowest BCUT2D eigenvalue weighted by Crippen LogP contribution is -2.25. The number of rotatable bonds is 9. The minimum Gasteiger partial charge on any atom is -0.352 e. The molecule has 4 aromatic rings. The summed E-state index contributed by atoms with van der Waals surface area (Å²) in [6.07, 6.45) is 0.831. The third-order valence-electron chi connectivity index (χ3n) is 5.86. The van der Waals surface area contributed by atoms with E-state index in [0.717, 1.165) is 40.8 Å². The maximum atomic E-state index is 12.4. The number of hydrogen-bond donors (Lipinski definition) is 1. The smallest absolute Gasteiger partial charge is 0.252 e. The molecule has 35 heavy (non-hydrogen) atoms. The van der Waals surface area contributed by atoms with Crippen molar-refractivity contribution in [1.29, 1.82) is 0 Å². The maximum absolute atomic E-state index is 12.4. The molecule has 0 aliphatic carbocycles. The molecule has 180 valence electrons. The molecule has 0 fully saturated rings. The molecule has 0 radical (unpaired) electrons. The van der Waals surface area contributed by atoms with Crippen LogP contribution in [0.4, 0.5) is 0 Å². The molecule has 4 nitrogen and oxygen atoms in total. The molecule has 1 N–H and O–H groups in total. The molecule has 0 saturated carbocycles. The van der Waals surface area contributed by atoms with Crippen LogP contribution < -0.4 is 5.32 Å². The predicted molar refractivity (Wildman–Crippen MR) is 147 cm³/mol. The Morgan fingerprint density at radius 1 is 0.943 bits per heavy atom. The zero-order valence-corrected chi connectivity index (χ0v) is 21.9. The molecule has 1 heterocycles. The van der Waals surface area contributed by atoms with Crippen molar-refractivity contribution in [2.24, 2.45) is 0 Å². The fourth-order valence-electron chi connectivity index (χ4n) is 3.93. The van der Waals surface area contributed by atoms with Crippen LogP contribution in [-0.2, 0) is 6.54 Å². The summed E-state index contributed by atoms with van der Waals surface area (Å²) in [6, 6.07) is 24.3. The van der Waals surface area contributed by atoms with Gasteiger partial charge in [0, 0.05) is 30.0 Å². The van der Waals surface area contributed by atoms with E-state index in [1.807, 2.05) is 12.1 Å². The van der Waals surface area contributed by atoms with Crippen molar-refractivity contribution in [3.05, 3.63) is 94.5 Å². The molecule has 0 saturated heterocycles. The zero-order valence-electron chi connectivity index (χ0n) is 20.3. The third-order valence-corrected chi connectivity index (χ3v) is 7.25. The van der Waals surface area contributed by atoms with Crippen molar-refractivity contribution in [3.8, 4) is 22.5 Å². The number of carbonyl (C=O) groups excluding carboxylic acids is 1. The van der Waals surface area contributed by atoms with Crippen molar-refractivity contribution >= 4 is 29.3 Å². The van der Waals surface area contributed by atoms with Crippen LogP contribution in [0.5, 0.6) is 0 Å². The van der Waals surface area contributed by atoms with E-state index in [4.69, 9.17) is 16.6 Å². The summed E-state index contributed by atoms with van der Waals surface area (Å²) in [6.45, 7) is 7.77. The number of halogens is 1. The topological polar surface area (TPSA) is 46.9 Å². The van der Waals surface area contributed by atoms with Crippen LogP contribution in [0.3, 0.4) is 0 Å². The van der Waals surface area contributed by atoms with Crippen molar-refractivity contribution in [1.82, 2.24) is 14.9 Å². The second kappa shape index (κ2) is 11.6. The fraction of sp³-hybridized carbons (Fsp3) is 0.241. The Balaban J connectivity index is 1.51. The van der Waals surface area contributed by atoms with E-state index < -0.39 is 0 Å². The van der Waals surface area contributed by atoms with Gasteiger partial charge in [0.1, 0.15) is 0 Å². The van der Waals surface area contributed by atoms with E-state index in [1.165, 1.54) is 16.7 Å². The second-order valence-electron chi connectivity index (χ2n) is 8.51. The number of aromatic nitrogens is 2. The van der Waals surface area contributed by atoms with Gasteiger partial charge >= 0.3 is 0 Å². The number of nitrogens with zero attached hydrogens (tertiary/aromatic N) is 2. The van der Waals surface area contributed by atoms with Gasteiger partial charge < -0.3 is 9.88 Å². The highest BCUT2D eigenvalue weighted by Gasteiger charge is 2.19. The Kier molecular flexibility index (Phi) is 8.32. The van der Waals surface area contributed by atoms with E-state index >= 15 is 0 Å². The minimum atomic E-state index is -0.140. The SMILES string of the molecule is CCn1c(SCCCNC(=O)c2ccccc2Cl)nc(-c2ccc(C)cc2)c1-c1ccc(C)cc1. The highest BCUT2D eigenvalue weighted by molar-refractivity contribution is 7.99. The van der Waals surface area contributed by atoms with Crippen LogP contribution in [0.2, 0.25) is 5.02 Å². The molecule has 6 heteroatoms. The molecule has 0 aliphatic heterocycles. The summed E-state index contributed by atoms with van der Waals surface area (Å²) >= 11 is 7.86. The van der Waals surface area contributed by atoms with Gasteiger partial charge in [0.2, 0.25) is 0 Å². The van der Waals surface area contributed by atoms with Gasteiger partial charge in [-0.1, -0.05) is 95.2 Å². The average Bonchev–Trinajstić information content (AvgIpc) is 3.23. The van der Waals surface area contributed by atoms with E-state index in [9.17, 15) is 4.79 Å². The Morgan fingerprint density at radius 2 is 1.57 bits per heavy atom. The Hall–Kier alpha value is -3.02. The van der Waals surface area contributed by atoms with Crippen LogP contribution in [0.25, 0.3) is 22.5 Å². The number of nitrogens with one attached hydrogen (secondary N) is 1. The summed E-state index contributed by atoms with van der Waals surface area (Å²) in [5.41, 5.74) is 7.41. The number of thioether (sulfide) groups is 1. The number of amides is 1. The van der Waals surface area contributed by atoms with Crippen molar-refractivity contribution in [2.45, 2.75) is 38.9 Å². The zero-order chi connectivity index (χ0) is 24.8. The molecule has 0 spiro atoms. The number of imidazole rings is 1. The fourth-order valence-corrected chi connectivity index (χ4v) is 5.16. The Labute approximate surface area is 216 Å². The van der Waals surface area contributed by atoms with Crippen LogP contribution in [0.15, 0.2) is 78.0 Å². The Bertz CT molecular complexity index is 1300. The number of benzene rings is 3. The van der Waals surface area contributed by atoms with Crippen molar-refractivity contribution < 1.29 is 4.79 Å². The number of aryl methyl sites for hydroxylation is 2. The highest BCUT2D eigenvalue weighted by atomic mass is 35.5. The third kappa shape index (κ3) is 5.98. The van der Waals surface area contributed by atoms with Crippen molar-refractivity contribution in [2.75, 3.05) is 12.3 Å². The molecule has 0 atom stereocenters. The lowest BCUT2D eigenvalue weighted by Gasteiger charge is -2.11. The van der Waals surface area contributed by atoms with Crippen molar-refractivity contribution in [3.63, 3.8) is 0 Å². The normalized spacial score (nSPS) is 11.0. The first-order valence-corrected chi connectivity index (χ1v) is 13.2. The molecule has 4 rings (SSSR count). The first-order chi connectivity index (χ1) is 17.0. The van der Waals surface area contributed by atoms with E-state index in [-0.39, 0.29) is 5.91 Å². The average molecular weight is 504 g/mol. The monoisotopic (exact) mass is 503 g/mol. The van der Waals surface area contributed by atoms with Crippen LogP contribution in [0.1, 0.15) is 34.8 Å². The molecular weight excluding hydrogens is 474 g/mol. The quantitative estimate of drug-likeness (QED) is 0.191. The maximum Gasteiger partial charge on any atom is 0.252 e. The lowest BCUT2D eigenvalue weighted by atomic mass is 10.0. The lowest BCUT2D eigenvalue weighted by molar-refractivity contribution is 0.0954. The van der Waals surface area contributed by atoms with Gasteiger partial charge in [-0.15, -0.1) is 0 Å². The molecule has 0 bridgehead atoms. The van der Waals surface area contributed by atoms with Gasteiger partial charge in [0.25, 0.3) is 5.91 Å². The molecular formula is C29H30ClN3OS. The summed E-state index contributed by atoms with van der Waals surface area (Å²) in [7, 11) is 0. The largest absolute Gasteiger partial charge is 0.352 e. The van der Waals surface area contributed by atoms with Gasteiger partial charge in [0.15, 0.2) is 5.16 Å². The molecule has 1 aromatic heterocycles. The second-order valence-corrected chi connectivity index (χ2v) is 9.97. The van der Waals surface area contributed by atoms with Crippen LogP contribution in [0, 0.1) is 13.8 Å². The first-order valence-electron chi connectivity index (χ1n) is 11.9.